The van der Waals surface area contributed by atoms with Crippen LogP contribution in [-0.4, -0.2) is 237 Å². The highest BCUT2D eigenvalue weighted by molar-refractivity contribution is 5.81. The molecule has 478 valence electrons. The number of nitrogens with one attached hydrogen (secondary N) is 2. The first-order valence-corrected chi connectivity index (χ1v) is 29.8. The number of aromatic nitrogens is 6. The van der Waals surface area contributed by atoms with Crippen LogP contribution in [0.2, 0.25) is 0 Å². The van der Waals surface area contributed by atoms with E-state index in [0.29, 0.717) is 30.8 Å². The third-order valence-corrected chi connectivity index (χ3v) is 17.6. The lowest BCUT2D eigenvalue weighted by atomic mass is 9.80. The molecular formula is C58H79F2N9O18. The number of aliphatic hydroxyl groups excluding tert-OH is 8. The van der Waals surface area contributed by atoms with Crippen LogP contribution in [0, 0.1) is 30.4 Å². The minimum Gasteiger partial charge on any atom is -0.394 e. The van der Waals surface area contributed by atoms with E-state index in [1.807, 2.05) is 30.3 Å². The molecule has 2 aromatic carbocycles. The minimum atomic E-state index is -1.83. The molecule has 10 N–H and O–H groups in total. The summed E-state index contributed by atoms with van der Waals surface area (Å²) < 4.78 is 75.5. The summed E-state index contributed by atoms with van der Waals surface area (Å²) in [6.45, 7) is 3.09. The van der Waals surface area contributed by atoms with Gasteiger partial charge in [-0.05, 0) is 63.1 Å². The molecule has 4 saturated heterocycles. The summed E-state index contributed by atoms with van der Waals surface area (Å²) in [6.07, 6.45) is -15.1. The van der Waals surface area contributed by atoms with Crippen LogP contribution in [0.4, 0.5) is 8.78 Å². The van der Waals surface area contributed by atoms with Crippen molar-refractivity contribution in [3.05, 3.63) is 72.1 Å². The predicted octanol–water partition coefficient (Wildman–Crippen LogP) is -0.308. The lowest BCUT2D eigenvalue weighted by Crippen LogP contribution is -2.67. The van der Waals surface area contributed by atoms with Gasteiger partial charge in [-0.15, -0.1) is 10.2 Å². The fraction of sp³-hybridized carbons (Fsp3) is 0.672. The molecule has 2 saturated carbocycles. The lowest BCUT2D eigenvalue weighted by Gasteiger charge is -2.49. The van der Waals surface area contributed by atoms with Crippen molar-refractivity contribution < 1.29 is 97.2 Å². The number of carbonyl (C=O) groups is 3. The Labute approximate surface area is 499 Å². The van der Waals surface area contributed by atoms with Gasteiger partial charge in [0.1, 0.15) is 90.6 Å². The zero-order valence-electron chi connectivity index (χ0n) is 48.5. The number of ether oxygens (including phenoxy) is 7. The number of halogens is 2. The Balaban J connectivity index is 0.931. The lowest BCUT2D eigenvalue weighted by molar-refractivity contribution is -0.337. The van der Waals surface area contributed by atoms with Gasteiger partial charge in [0.05, 0.1) is 50.5 Å². The van der Waals surface area contributed by atoms with E-state index in [9.17, 15) is 64.0 Å². The molecule has 2 aliphatic carbocycles. The summed E-state index contributed by atoms with van der Waals surface area (Å²) >= 11 is 0. The molecule has 2 aromatic heterocycles. The normalized spacial score (nSPS) is 34.4. The van der Waals surface area contributed by atoms with Crippen LogP contribution >= 0.6 is 0 Å². The van der Waals surface area contributed by atoms with Crippen LogP contribution in [0.25, 0.3) is 22.5 Å². The van der Waals surface area contributed by atoms with E-state index in [1.54, 1.807) is 11.1 Å². The molecule has 0 spiro atoms. The second-order valence-corrected chi connectivity index (χ2v) is 23.6. The maximum absolute atomic E-state index is 14.8. The Morgan fingerprint density at radius 3 is 2.10 bits per heavy atom. The first-order chi connectivity index (χ1) is 41.8. The fourth-order valence-electron chi connectivity index (χ4n) is 12.6. The molecule has 3 amide bonds. The van der Waals surface area contributed by atoms with Gasteiger partial charge >= 0.3 is 0 Å². The highest BCUT2D eigenvalue weighted by Crippen LogP contribution is 2.42. The van der Waals surface area contributed by atoms with Gasteiger partial charge in [-0.3, -0.25) is 14.4 Å². The van der Waals surface area contributed by atoms with E-state index < -0.39 is 159 Å². The number of aryl methyl sites for hydroxylation is 1. The van der Waals surface area contributed by atoms with Crippen LogP contribution < -0.4 is 10.6 Å². The molecule has 6 heterocycles. The summed E-state index contributed by atoms with van der Waals surface area (Å²) in [5.41, 5.74) is 1.36. The molecule has 10 rings (SSSR count). The van der Waals surface area contributed by atoms with Gasteiger partial charge < -0.3 is 89.5 Å². The van der Waals surface area contributed by atoms with E-state index in [0.717, 1.165) is 49.3 Å². The Morgan fingerprint density at radius 2 is 1.43 bits per heavy atom. The van der Waals surface area contributed by atoms with E-state index in [4.69, 9.17) is 33.2 Å². The van der Waals surface area contributed by atoms with E-state index in [2.05, 4.69) is 31.3 Å². The average Bonchev–Trinajstić information content (AvgIpc) is 1.86. The minimum absolute atomic E-state index is 0.00675. The summed E-state index contributed by atoms with van der Waals surface area (Å²) in [5, 5.41) is 112. The molecule has 6 fully saturated rings. The van der Waals surface area contributed by atoms with Crippen molar-refractivity contribution in [3.63, 3.8) is 0 Å². The quantitative estimate of drug-likeness (QED) is 0.0479. The molecule has 9 unspecified atom stereocenters. The van der Waals surface area contributed by atoms with Crippen molar-refractivity contribution in [2.45, 2.75) is 195 Å². The highest BCUT2D eigenvalue weighted by atomic mass is 19.2. The molecule has 0 radical (unpaired) electrons. The molecular weight excluding hydrogens is 1150 g/mol. The standard InChI is InChI=1S/C58H79F2N9O18/c1-28-19-33(21-35(59)43(28)60)37-25-69(66-64-37)45-47(74)41(26-70)86-57(49(45)76)81-18-15-61-54(79)34-22-38(68-24-36(63-65-68)32-13-8-5-9-14-32)52(87-58-51(78)50(77)46(73)29(2)82-58)39(23-34)84-56-44(62-30(3)72)53(48(75)42(27-71)85-56)83-40(55(80)67-16-10-17-67)20-31-11-6-4-7-12-31/h5,8-9,13-14,19,21,24-25,29,31,34,38-42,44-53,56-58,70-71,73-78H,4,6-7,10-12,15-18,20,22-23,26-27H2,1-3H3,(H,61,79)(H,62,72)/t29?,34?,38?,39-,40+,41?,42+,44?,45?,46-,47-,48+,49?,50+,51?,52-,53?,56-,57+,58+/m1/s1. The maximum atomic E-state index is 14.8. The van der Waals surface area contributed by atoms with Gasteiger partial charge in [0.25, 0.3) is 5.91 Å². The molecule has 0 bridgehead atoms. The van der Waals surface area contributed by atoms with E-state index in [1.165, 1.54) is 37.7 Å². The van der Waals surface area contributed by atoms with Gasteiger partial charge in [-0.2, -0.15) is 0 Å². The summed E-state index contributed by atoms with van der Waals surface area (Å²) in [7, 11) is 0. The number of benzene rings is 2. The van der Waals surface area contributed by atoms with Crippen LogP contribution in [0.5, 0.6) is 0 Å². The molecule has 20 atom stereocenters. The van der Waals surface area contributed by atoms with Crippen molar-refractivity contribution in [3.8, 4) is 22.5 Å². The number of hydrogen-bond acceptors (Lipinski definition) is 22. The Morgan fingerprint density at radius 1 is 0.747 bits per heavy atom. The van der Waals surface area contributed by atoms with Crippen molar-refractivity contribution in [2.75, 3.05) is 39.5 Å². The second kappa shape index (κ2) is 28.5. The predicted molar refractivity (Wildman–Crippen MR) is 296 cm³/mol. The van der Waals surface area contributed by atoms with Crippen LogP contribution in [0.15, 0.2) is 54.9 Å². The molecule has 27 nitrogen and oxygen atoms in total. The number of carbonyl (C=O) groups excluding carboxylic acids is 3. The smallest absolute Gasteiger partial charge is 0.251 e. The number of hydrogen-bond donors (Lipinski definition) is 10. The second-order valence-electron chi connectivity index (χ2n) is 23.6. The first-order valence-electron chi connectivity index (χ1n) is 29.8. The highest BCUT2D eigenvalue weighted by Gasteiger charge is 2.54. The van der Waals surface area contributed by atoms with E-state index in [-0.39, 0.29) is 54.6 Å². The average molecular weight is 1230 g/mol. The fourth-order valence-corrected chi connectivity index (χ4v) is 12.6. The van der Waals surface area contributed by atoms with Gasteiger partial charge in [-0.1, -0.05) is 72.9 Å². The topological polar surface area (TPSA) is 366 Å². The summed E-state index contributed by atoms with van der Waals surface area (Å²) in [4.78, 5) is 44.0. The number of aliphatic hydroxyl groups is 8. The van der Waals surface area contributed by atoms with Crippen molar-refractivity contribution in [2.24, 2.45) is 11.8 Å². The third kappa shape index (κ3) is 14.4. The van der Waals surface area contributed by atoms with Crippen molar-refractivity contribution in [1.82, 2.24) is 45.5 Å². The van der Waals surface area contributed by atoms with Gasteiger partial charge in [0.15, 0.2) is 30.5 Å². The number of nitrogens with zero attached hydrogens (tertiary/aromatic N) is 7. The molecule has 6 aliphatic rings. The summed E-state index contributed by atoms with van der Waals surface area (Å²) in [6, 6.07) is 7.58. The summed E-state index contributed by atoms with van der Waals surface area (Å²) in [5.74, 6) is -4.49. The molecule has 87 heavy (non-hydrogen) atoms. The number of amides is 3. The monoisotopic (exact) mass is 1230 g/mol. The Bertz CT molecular complexity index is 2920. The van der Waals surface area contributed by atoms with Crippen LogP contribution in [0.1, 0.15) is 89.3 Å². The van der Waals surface area contributed by atoms with Crippen LogP contribution in [0.3, 0.4) is 0 Å². The molecule has 4 aromatic rings. The first kappa shape index (κ1) is 64.4. The largest absolute Gasteiger partial charge is 0.394 e. The number of rotatable bonds is 21. The third-order valence-electron chi connectivity index (χ3n) is 17.6. The van der Waals surface area contributed by atoms with Gasteiger partial charge in [0, 0.05) is 43.6 Å². The van der Waals surface area contributed by atoms with Crippen molar-refractivity contribution >= 4 is 17.7 Å². The molecule has 4 aliphatic heterocycles. The zero-order chi connectivity index (χ0) is 61.8. The van der Waals surface area contributed by atoms with Crippen LogP contribution in [-0.2, 0) is 47.5 Å². The maximum Gasteiger partial charge on any atom is 0.251 e. The van der Waals surface area contributed by atoms with E-state index >= 15 is 0 Å². The molecule has 29 heteroatoms. The number of likely N-dealkylation sites (tertiary alicyclic amines) is 1. The van der Waals surface area contributed by atoms with Gasteiger partial charge in [0.2, 0.25) is 11.8 Å². The Kier molecular flexibility index (Phi) is 21.1. The zero-order valence-corrected chi connectivity index (χ0v) is 48.5. The SMILES string of the molecule is CC(=O)NC1C(O[C@@H](CC2CCCCC2)C(=O)N2CCC2)[C@@H](O)[C@H](CO)O[C@H]1O[C@@H]1CC(C(=O)NCCO[C@H]2OC(CO)[C@@H](O)C(n3cc(-c4cc(C)c(F)c(F)c4)nn3)C2O)CC(n2cc(-c3ccccc3)nn2)[C@H]1O[C@@H]1OC(C)[C@@H](O)[C@H](O)C1O. The Hall–Kier alpha value is -5.61. The van der Waals surface area contributed by atoms with Gasteiger partial charge in [-0.25, -0.2) is 18.1 Å². The van der Waals surface area contributed by atoms with Crippen molar-refractivity contribution in [1.29, 1.82) is 0 Å².